The van der Waals surface area contributed by atoms with Gasteiger partial charge in [-0.05, 0) is 23.8 Å². The minimum Gasteiger partial charge on any atom is -0.435 e. The highest BCUT2D eigenvalue weighted by Crippen LogP contribution is 2.22. The van der Waals surface area contributed by atoms with Crippen molar-refractivity contribution in [2.45, 2.75) is 6.61 Å². The van der Waals surface area contributed by atoms with Crippen LogP contribution in [0.2, 0.25) is 5.02 Å². The van der Waals surface area contributed by atoms with Gasteiger partial charge < -0.3 is 9.84 Å². The van der Waals surface area contributed by atoms with Crippen LogP contribution >= 0.6 is 11.6 Å². The van der Waals surface area contributed by atoms with Crippen molar-refractivity contribution in [3.05, 3.63) is 35.4 Å². The normalized spacial score (nSPS) is 10.5. The summed E-state index contributed by atoms with van der Waals surface area (Å²) >= 11 is 5.56. The van der Waals surface area contributed by atoms with E-state index in [0.29, 0.717) is 5.56 Å². The van der Waals surface area contributed by atoms with Crippen LogP contribution in [0.3, 0.4) is 0 Å². The van der Waals surface area contributed by atoms with Gasteiger partial charge in [0.2, 0.25) is 0 Å². The van der Waals surface area contributed by atoms with E-state index >= 15 is 0 Å². The minimum absolute atomic E-state index is 0.0807. The maximum Gasteiger partial charge on any atom is 0.387 e. The number of hydrogen-bond donors (Lipinski definition) is 1. The molecule has 1 radical (unpaired) electrons. The number of hydrogen-bond acceptors (Lipinski definition) is 2. The number of halogens is 3. The van der Waals surface area contributed by atoms with Crippen molar-refractivity contribution in [1.82, 2.24) is 0 Å². The fourth-order valence-corrected chi connectivity index (χ4v) is 1.06. The molecule has 0 spiro atoms. The van der Waals surface area contributed by atoms with Crippen molar-refractivity contribution in [2.24, 2.45) is 0 Å². The Morgan fingerprint density at radius 1 is 1.38 bits per heavy atom. The zero-order chi connectivity index (χ0) is 9.84. The molecule has 0 atom stereocenters. The summed E-state index contributed by atoms with van der Waals surface area (Å²) in [5.74, 6) is -0.0807. The van der Waals surface area contributed by atoms with E-state index in [9.17, 15) is 8.78 Å². The summed E-state index contributed by atoms with van der Waals surface area (Å²) in [4.78, 5) is 0. The van der Waals surface area contributed by atoms with Gasteiger partial charge >= 0.3 is 6.61 Å². The first-order valence-corrected chi connectivity index (χ1v) is 3.72. The second-order valence-electron chi connectivity index (χ2n) is 2.23. The topological polar surface area (TPSA) is 29.5 Å². The summed E-state index contributed by atoms with van der Waals surface area (Å²) in [6.45, 7) is -2.14. The van der Waals surface area contributed by atoms with Crippen LogP contribution in [0.1, 0.15) is 5.56 Å². The molecule has 2 nitrogen and oxygen atoms in total. The Kier molecular flexibility index (Phi) is 3.45. The van der Waals surface area contributed by atoms with Crippen molar-refractivity contribution in [3.8, 4) is 5.75 Å². The van der Waals surface area contributed by atoms with Gasteiger partial charge in [0.05, 0.1) is 0 Å². The molecular weight excluding hydrogens is 202 g/mol. The van der Waals surface area contributed by atoms with E-state index in [4.69, 9.17) is 16.7 Å². The van der Waals surface area contributed by atoms with Gasteiger partial charge in [-0.3, -0.25) is 0 Å². The number of aliphatic hydroxyl groups excluding tert-OH is 1. The number of benzene rings is 1. The molecule has 13 heavy (non-hydrogen) atoms. The standard InChI is InChI=1S/C8H6ClF2O2/c9-6-1-5(4-12)2-7(3-6)13-8(10)11/h1-4,8,12H. The summed E-state index contributed by atoms with van der Waals surface area (Å²) in [6, 6.07) is 3.90. The maximum atomic E-state index is 11.7. The highest BCUT2D eigenvalue weighted by molar-refractivity contribution is 6.30. The molecule has 0 heterocycles. The van der Waals surface area contributed by atoms with Crippen molar-refractivity contribution in [2.75, 3.05) is 0 Å². The Balaban J connectivity index is 2.88. The number of alkyl halides is 2. The van der Waals surface area contributed by atoms with Crippen LogP contribution in [0.5, 0.6) is 5.75 Å². The largest absolute Gasteiger partial charge is 0.435 e. The van der Waals surface area contributed by atoms with Crippen LogP contribution in [-0.4, -0.2) is 11.7 Å². The van der Waals surface area contributed by atoms with Gasteiger partial charge in [-0.15, -0.1) is 0 Å². The molecular formula is C8H6ClF2O2. The fourth-order valence-electron chi connectivity index (χ4n) is 0.830. The predicted octanol–water partition coefficient (Wildman–Crippen LogP) is 2.82. The zero-order valence-electron chi connectivity index (χ0n) is 6.38. The molecule has 0 unspecified atom stereocenters. The smallest absolute Gasteiger partial charge is 0.387 e. The summed E-state index contributed by atoms with van der Waals surface area (Å²) < 4.78 is 27.6. The second kappa shape index (κ2) is 4.39. The average Bonchev–Trinajstić information content (AvgIpc) is 2.01. The first-order valence-electron chi connectivity index (χ1n) is 3.34. The zero-order valence-corrected chi connectivity index (χ0v) is 7.13. The van der Waals surface area contributed by atoms with Gasteiger partial charge in [-0.25, -0.2) is 0 Å². The van der Waals surface area contributed by atoms with Crippen LogP contribution in [0.15, 0.2) is 18.2 Å². The molecule has 5 heteroatoms. The summed E-state index contributed by atoms with van der Waals surface area (Å²) in [6.07, 6.45) is 0. The van der Waals surface area contributed by atoms with E-state index in [0.717, 1.165) is 6.61 Å². The highest BCUT2D eigenvalue weighted by Gasteiger charge is 2.06. The van der Waals surface area contributed by atoms with Gasteiger partial charge in [-0.1, -0.05) is 11.6 Å². The average molecular weight is 208 g/mol. The number of aliphatic hydroxyl groups is 1. The first kappa shape index (κ1) is 10.2. The lowest BCUT2D eigenvalue weighted by Gasteiger charge is -2.05. The minimum atomic E-state index is -2.90. The van der Waals surface area contributed by atoms with Gasteiger partial charge in [-0.2, -0.15) is 8.78 Å². The molecule has 0 aromatic heterocycles. The molecule has 1 aromatic carbocycles. The molecule has 0 amide bonds. The summed E-state index contributed by atoms with van der Waals surface area (Å²) in [5, 5.41) is 8.81. The SMILES string of the molecule is O[CH]c1cc(Cl)cc(OC(F)F)c1. The maximum absolute atomic E-state index is 11.7. The highest BCUT2D eigenvalue weighted by atomic mass is 35.5. The van der Waals surface area contributed by atoms with Gasteiger partial charge in [0, 0.05) is 5.02 Å². The number of ether oxygens (including phenoxy) is 1. The molecule has 1 N–H and O–H groups in total. The van der Waals surface area contributed by atoms with Gasteiger partial charge in [0.15, 0.2) is 0 Å². The lowest BCUT2D eigenvalue weighted by Crippen LogP contribution is -2.02. The summed E-state index contributed by atoms with van der Waals surface area (Å²) in [7, 11) is 0. The third kappa shape index (κ3) is 3.16. The molecule has 0 bridgehead atoms. The molecule has 0 saturated heterocycles. The Bertz CT molecular complexity index is 291. The van der Waals surface area contributed by atoms with E-state index in [1.54, 1.807) is 0 Å². The molecule has 71 valence electrons. The molecule has 0 fully saturated rings. The van der Waals surface area contributed by atoms with E-state index in [2.05, 4.69) is 4.74 Å². The molecule has 0 aliphatic rings. The molecule has 0 saturated carbocycles. The van der Waals surface area contributed by atoms with E-state index in [-0.39, 0.29) is 10.8 Å². The van der Waals surface area contributed by atoms with Gasteiger partial charge in [0.25, 0.3) is 0 Å². The Labute approximate surface area is 78.7 Å². The van der Waals surface area contributed by atoms with Crippen molar-refractivity contribution in [3.63, 3.8) is 0 Å². The lowest BCUT2D eigenvalue weighted by atomic mass is 10.2. The quantitative estimate of drug-likeness (QED) is 0.826. The number of rotatable bonds is 3. The van der Waals surface area contributed by atoms with Crippen molar-refractivity contribution >= 4 is 11.6 Å². The molecule has 0 aliphatic heterocycles. The molecule has 1 rings (SSSR count). The molecule has 0 aliphatic carbocycles. The van der Waals surface area contributed by atoms with E-state index < -0.39 is 6.61 Å². The third-order valence-corrected chi connectivity index (χ3v) is 1.49. The Morgan fingerprint density at radius 3 is 2.62 bits per heavy atom. The van der Waals surface area contributed by atoms with Crippen molar-refractivity contribution in [1.29, 1.82) is 0 Å². The van der Waals surface area contributed by atoms with Crippen LogP contribution in [0.4, 0.5) is 8.78 Å². The third-order valence-electron chi connectivity index (χ3n) is 1.27. The Morgan fingerprint density at radius 2 is 2.08 bits per heavy atom. The van der Waals surface area contributed by atoms with Crippen molar-refractivity contribution < 1.29 is 18.6 Å². The monoisotopic (exact) mass is 207 g/mol. The Hall–Kier alpha value is -0.870. The van der Waals surface area contributed by atoms with Crippen LogP contribution in [0, 0.1) is 6.61 Å². The van der Waals surface area contributed by atoms with Gasteiger partial charge in [0.1, 0.15) is 12.4 Å². The van der Waals surface area contributed by atoms with Crippen LogP contribution in [-0.2, 0) is 0 Å². The second-order valence-corrected chi connectivity index (χ2v) is 2.66. The van der Waals surface area contributed by atoms with E-state index in [1.165, 1.54) is 18.2 Å². The van der Waals surface area contributed by atoms with Crippen LogP contribution < -0.4 is 4.74 Å². The van der Waals surface area contributed by atoms with Crippen LogP contribution in [0.25, 0.3) is 0 Å². The summed E-state index contributed by atoms with van der Waals surface area (Å²) in [5.41, 5.74) is 0.308. The van der Waals surface area contributed by atoms with E-state index in [1.807, 2.05) is 0 Å². The molecule has 1 aromatic rings. The first-order chi connectivity index (χ1) is 6.11. The fraction of sp³-hybridized carbons (Fsp3) is 0.125. The lowest BCUT2D eigenvalue weighted by molar-refractivity contribution is -0.0498. The predicted molar refractivity (Wildman–Crippen MR) is 43.4 cm³/mol.